The van der Waals surface area contributed by atoms with Crippen molar-refractivity contribution in [2.45, 2.75) is 33.3 Å². The highest BCUT2D eigenvalue weighted by Crippen LogP contribution is 2.15. The zero-order chi connectivity index (χ0) is 15.8. The van der Waals surface area contributed by atoms with Crippen molar-refractivity contribution >= 4 is 17.6 Å². The van der Waals surface area contributed by atoms with Crippen LogP contribution in [0, 0.1) is 0 Å². The van der Waals surface area contributed by atoms with Gasteiger partial charge in [0.25, 0.3) is 5.91 Å². The van der Waals surface area contributed by atoms with Crippen LogP contribution in [0.25, 0.3) is 0 Å². The minimum atomic E-state index is -0.861. The largest absolute Gasteiger partial charge is 0.497 e. The molecular formula is C16H21NO4. The summed E-state index contributed by atoms with van der Waals surface area (Å²) >= 11 is 0. The first kappa shape index (κ1) is 16.8. The van der Waals surface area contributed by atoms with Gasteiger partial charge in [-0.25, -0.2) is 4.79 Å². The van der Waals surface area contributed by atoms with Crippen LogP contribution in [-0.2, 0) is 14.3 Å². The first-order valence-corrected chi connectivity index (χ1v) is 6.80. The Morgan fingerprint density at radius 3 is 2.43 bits per heavy atom. The molecule has 114 valence electrons. The second-order valence-corrected chi connectivity index (χ2v) is 4.56. The Balaban J connectivity index is 2.58. The molecule has 0 spiro atoms. The Morgan fingerprint density at radius 2 is 1.90 bits per heavy atom. The Hall–Kier alpha value is -2.30. The van der Waals surface area contributed by atoms with Gasteiger partial charge in [-0.1, -0.05) is 13.0 Å². The third kappa shape index (κ3) is 5.30. The molecule has 0 heterocycles. The molecule has 0 fully saturated rings. The lowest BCUT2D eigenvalue weighted by Gasteiger charge is -2.14. The van der Waals surface area contributed by atoms with Crippen LogP contribution < -0.4 is 10.1 Å². The molecule has 0 aromatic heterocycles. The van der Waals surface area contributed by atoms with E-state index in [1.165, 1.54) is 6.92 Å². The fourth-order valence-corrected chi connectivity index (χ4v) is 1.61. The zero-order valence-electron chi connectivity index (χ0n) is 12.8. The number of anilines is 1. The molecule has 1 atom stereocenters. The fourth-order valence-electron chi connectivity index (χ4n) is 1.61. The van der Waals surface area contributed by atoms with Crippen molar-refractivity contribution in [3.63, 3.8) is 0 Å². The molecule has 1 rings (SSSR count). The lowest BCUT2D eigenvalue weighted by molar-refractivity contribution is -0.149. The van der Waals surface area contributed by atoms with Gasteiger partial charge >= 0.3 is 5.97 Å². The summed E-state index contributed by atoms with van der Waals surface area (Å²) in [4.78, 5) is 23.6. The Morgan fingerprint density at radius 1 is 1.29 bits per heavy atom. The number of nitrogens with one attached hydrogen (secondary N) is 1. The SMILES string of the molecule is CCC=C(C)C(=O)OC(C)C(=O)Nc1ccc(OC)cc1. The number of hydrogen-bond acceptors (Lipinski definition) is 4. The molecule has 0 aliphatic rings. The third-order valence-electron chi connectivity index (χ3n) is 2.84. The van der Waals surface area contributed by atoms with E-state index < -0.39 is 12.1 Å². The molecule has 5 nitrogen and oxygen atoms in total. The number of allylic oxidation sites excluding steroid dienone is 1. The molecule has 5 heteroatoms. The Labute approximate surface area is 124 Å². The van der Waals surface area contributed by atoms with E-state index in [0.717, 1.165) is 6.42 Å². The van der Waals surface area contributed by atoms with Gasteiger partial charge in [-0.15, -0.1) is 0 Å². The van der Waals surface area contributed by atoms with Crippen LogP contribution in [0.4, 0.5) is 5.69 Å². The lowest BCUT2D eigenvalue weighted by atomic mass is 10.2. The van der Waals surface area contributed by atoms with E-state index in [1.807, 2.05) is 6.92 Å². The minimum Gasteiger partial charge on any atom is -0.497 e. The van der Waals surface area contributed by atoms with E-state index in [0.29, 0.717) is 17.0 Å². The van der Waals surface area contributed by atoms with Crippen LogP contribution in [-0.4, -0.2) is 25.1 Å². The molecule has 0 saturated heterocycles. The highest BCUT2D eigenvalue weighted by atomic mass is 16.5. The molecule has 0 aliphatic heterocycles. The minimum absolute atomic E-state index is 0.377. The lowest BCUT2D eigenvalue weighted by Crippen LogP contribution is -2.30. The first-order valence-electron chi connectivity index (χ1n) is 6.80. The maximum atomic E-state index is 11.9. The summed E-state index contributed by atoms with van der Waals surface area (Å²) in [6.45, 7) is 5.13. The van der Waals surface area contributed by atoms with Gasteiger partial charge in [0.15, 0.2) is 6.10 Å². The normalized spacial score (nSPS) is 12.5. The maximum absolute atomic E-state index is 11.9. The van der Waals surface area contributed by atoms with E-state index in [2.05, 4.69) is 5.32 Å². The summed E-state index contributed by atoms with van der Waals surface area (Å²) in [5, 5.41) is 2.68. The summed E-state index contributed by atoms with van der Waals surface area (Å²) in [7, 11) is 1.57. The highest BCUT2D eigenvalue weighted by Gasteiger charge is 2.18. The van der Waals surface area contributed by atoms with Crippen LogP contribution in [0.3, 0.4) is 0 Å². The average molecular weight is 291 g/mol. The van der Waals surface area contributed by atoms with Crippen molar-refractivity contribution in [1.82, 2.24) is 0 Å². The topological polar surface area (TPSA) is 64.6 Å². The van der Waals surface area contributed by atoms with Gasteiger partial charge in [0.05, 0.1) is 7.11 Å². The van der Waals surface area contributed by atoms with Gasteiger partial charge in [0.1, 0.15) is 5.75 Å². The summed E-state index contributed by atoms with van der Waals surface area (Å²) < 4.78 is 10.1. The highest BCUT2D eigenvalue weighted by molar-refractivity contribution is 5.96. The van der Waals surface area contributed by atoms with Crippen molar-refractivity contribution < 1.29 is 19.1 Å². The third-order valence-corrected chi connectivity index (χ3v) is 2.84. The number of ether oxygens (including phenoxy) is 2. The molecule has 1 amide bonds. The van der Waals surface area contributed by atoms with Crippen LogP contribution >= 0.6 is 0 Å². The maximum Gasteiger partial charge on any atom is 0.334 e. The molecule has 1 N–H and O–H groups in total. The van der Waals surface area contributed by atoms with Crippen LogP contribution in [0.5, 0.6) is 5.75 Å². The molecule has 0 saturated carbocycles. The number of benzene rings is 1. The van der Waals surface area contributed by atoms with Gasteiger partial charge in [0, 0.05) is 11.3 Å². The summed E-state index contributed by atoms with van der Waals surface area (Å²) in [6.07, 6.45) is 1.64. The molecular weight excluding hydrogens is 270 g/mol. The first-order chi connectivity index (χ1) is 9.97. The number of amides is 1. The van der Waals surface area contributed by atoms with Crippen LogP contribution in [0.15, 0.2) is 35.9 Å². The number of rotatable bonds is 6. The monoisotopic (exact) mass is 291 g/mol. The van der Waals surface area contributed by atoms with E-state index in [-0.39, 0.29) is 5.91 Å². The molecule has 0 aliphatic carbocycles. The van der Waals surface area contributed by atoms with Crippen molar-refractivity contribution in [1.29, 1.82) is 0 Å². The van der Waals surface area contributed by atoms with E-state index >= 15 is 0 Å². The standard InChI is InChI=1S/C16H21NO4/c1-5-6-11(2)16(19)21-12(3)15(18)17-13-7-9-14(20-4)10-8-13/h6-10,12H,5H2,1-4H3,(H,17,18). The van der Waals surface area contributed by atoms with E-state index in [9.17, 15) is 9.59 Å². The van der Waals surface area contributed by atoms with Gasteiger partial charge in [-0.3, -0.25) is 4.79 Å². The summed E-state index contributed by atoms with van der Waals surface area (Å²) in [5.74, 6) is -0.153. The molecule has 1 aromatic carbocycles. The summed E-state index contributed by atoms with van der Waals surface area (Å²) in [6, 6.07) is 6.90. The molecule has 21 heavy (non-hydrogen) atoms. The predicted octanol–water partition coefficient (Wildman–Crippen LogP) is 2.92. The number of carbonyl (C=O) groups is 2. The summed E-state index contributed by atoms with van der Waals surface area (Å²) in [5.41, 5.74) is 1.12. The van der Waals surface area contributed by atoms with Gasteiger partial charge in [-0.2, -0.15) is 0 Å². The number of methoxy groups -OCH3 is 1. The number of esters is 1. The molecule has 0 radical (unpaired) electrons. The van der Waals surface area contributed by atoms with Gasteiger partial charge in [-0.05, 0) is 44.5 Å². The quantitative estimate of drug-likeness (QED) is 0.646. The number of carbonyl (C=O) groups excluding carboxylic acids is 2. The second kappa shape index (κ2) is 8.09. The molecule has 0 bridgehead atoms. The van der Waals surface area contributed by atoms with Crippen molar-refractivity contribution in [2.75, 3.05) is 12.4 Å². The zero-order valence-corrected chi connectivity index (χ0v) is 12.8. The van der Waals surface area contributed by atoms with Crippen molar-refractivity contribution in [3.05, 3.63) is 35.9 Å². The molecule has 1 aromatic rings. The Bertz CT molecular complexity index is 520. The van der Waals surface area contributed by atoms with Crippen molar-refractivity contribution in [2.24, 2.45) is 0 Å². The van der Waals surface area contributed by atoms with Crippen molar-refractivity contribution in [3.8, 4) is 5.75 Å². The smallest absolute Gasteiger partial charge is 0.334 e. The van der Waals surface area contributed by atoms with Gasteiger partial charge < -0.3 is 14.8 Å². The van der Waals surface area contributed by atoms with Crippen LogP contribution in [0.1, 0.15) is 27.2 Å². The van der Waals surface area contributed by atoms with Gasteiger partial charge in [0.2, 0.25) is 0 Å². The predicted molar refractivity (Wildman–Crippen MR) is 81.2 cm³/mol. The second-order valence-electron chi connectivity index (χ2n) is 4.56. The van der Waals surface area contributed by atoms with Crippen LogP contribution in [0.2, 0.25) is 0 Å². The van der Waals surface area contributed by atoms with E-state index in [1.54, 1.807) is 44.4 Å². The fraction of sp³-hybridized carbons (Fsp3) is 0.375. The Kier molecular flexibility index (Phi) is 6.46. The molecule has 1 unspecified atom stereocenters. The number of hydrogen-bond donors (Lipinski definition) is 1. The van der Waals surface area contributed by atoms with E-state index in [4.69, 9.17) is 9.47 Å². The average Bonchev–Trinajstić information content (AvgIpc) is 2.48.